The number of nitrogens with one attached hydrogen (secondary N) is 1. The Balaban J connectivity index is 1.41. The van der Waals surface area contributed by atoms with E-state index in [0.717, 1.165) is 19.6 Å². The van der Waals surface area contributed by atoms with Gasteiger partial charge in [0.25, 0.3) is 0 Å². The van der Waals surface area contributed by atoms with Crippen molar-refractivity contribution in [3.8, 4) is 0 Å². The Kier molecular flexibility index (Phi) is 4.73. The summed E-state index contributed by atoms with van der Waals surface area (Å²) >= 11 is 0. The molecule has 1 atom stereocenters. The predicted octanol–water partition coefficient (Wildman–Crippen LogP) is 2.62. The number of carbonyl (C=O) groups is 1. The first-order valence-corrected chi connectivity index (χ1v) is 9.38. The molecule has 25 heavy (non-hydrogen) atoms. The zero-order valence-corrected chi connectivity index (χ0v) is 14.9. The van der Waals surface area contributed by atoms with Gasteiger partial charge in [-0.2, -0.15) is 0 Å². The average molecular weight is 337 g/mol. The number of hydrogen-bond donors (Lipinski definition) is 1. The van der Waals surface area contributed by atoms with Gasteiger partial charge in [-0.05, 0) is 49.3 Å². The summed E-state index contributed by atoms with van der Waals surface area (Å²) in [6, 6.07) is 15.7. The Morgan fingerprint density at radius 1 is 1.04 bits per heavy atom. The molecule has 0 spiro atoms. The van der Waals surface area contributed by atoms with E-state index >= 15 is 0 Å². The number of rotatable bonds is 4. The van der Waals surface area contributed by atoms with Gasteiger partial charge in [-0.25, -0.2) is 0 Å². The standard InChI is InChI=1S/C21H27N3O/c1-23-11-9-18(10-12-23)22-19-13-21(25)24(15-19)14-17-7-4-6-16-5-2-3-8-20(16)17/h2-8,18-19,22H,9-15H2,1H3/t19-/m1/s1. The summed E-state index contributed by atoms with van der Waals surface area (Å²) in [5.41, 5.74) is 1.24. The Hall–Kier alpha value is -1.91. The van der Waals surface area contributed by atoms with Crippen LogP contribution >= 0.6 is 0 Å². The molecular weight excluding hydrogens is 310 g/mol. The number of nitrogens with zero attached hydrogens (tertiary/aromatic N) is 2. The van der Waals surface area contributed by atoms with E-state index in [0.29, 0.717) is 25.0 Å². The largest absolute Gasteiger partial charge is 0.337 e. The van der Waals surface area contributed by atoms with Crippen LogP contribution in [-0.4, -0.2) is 54.5 Å². The number of amides is 1. The lowest BCUT2D eigenvalue weighted by Crippen LogP contribution is -2.46. The minimum atomic E-state index is 0.276. The maximum atomic E-state index is 12.5. The van der Waals surface area contributed by atoms with Gasteiger partial charge in [0, 0.05) is 31.6 Å². The number of carbonyl (C=O) groups excluding carboxylic acids is 1. The molecule has 0 aliphatic carbocycles. The molecule has 0 bridgehead atoms. The molecular formula is C21H27N3O. The molecule has 2 aliphatic heterocycles. The fourth-order valence-electron chi connectivity index (χ4n) is 4.18. The molecule has 4 heteroatoms. The molecule has 2 aliphatic rings. The molecule has 2 aromatic carbocycles. The smallest absolute Gasteiger partial charge is 0.224 e. The van der Waals surface area contributed by atoms with E-state index in [-0.39, 0.29) is 5.91 Å². The molecule has 2 saturated heterocycles. The Labute approximate surface area is 149 Å². The summed E-state index contributed by atoms with van der Waals surface area (Å²) in [5.74, 6) is 0.276. The second kappa shape index (κ2) is 7.14. The summed E-state index contributed by atoms with van der Waals surface area (Å²) < 4.78 is 0. The van der Waals surface area contributed by atoms with Gasteiger partial charge in [-0.15, -0.1) is 0 Å². The van der Waals surface area contributed by atoms with Crippen molar-refractivity contribution < 1.29 is 4.79 Å². The molecule has 4 nitrogen and oxygen atoms in total. The second-order valence-corrected chi connectivity index (χ2v) is 7.56. The maximum Gasteiger partial charge on any atom is 0.224 e. The third kappa shape index (κ3) is 3.70. The molecule has 132 valence electrons. The summed E-state index contributed by atoms with van der Waals surface area (Å²) in [7, 11) is 2.18. The van der Waals surface area contributed by atoms with Crippen molar-refractivity contribution in [3.05, 3.63) is 48.0 Å². The van der Waals surface area contributed by atoms with Gasteiger partial charge in [0.05, 0.1) is 0 Å². The van der Waals surface area contributed by atoms with Crippen LogP contribution in [0.25, 0.3) is 10.8 Å². The first-order chi connectivity index (χ1) is 12.2. The van der Waals surface area contributed by atoms with Gasteiger partial charge >= 0.3 is 0 Å². The fraction of sp³-hybridized carbons (Fsp3) is 0.476. The predicted molar refractivity (Wildman–Crippen MR) is 101 cm³/mol. The van der Waals surface area contributed by atoms with Gasteiger partial charge in [-0.1, -0.05) is 42.5 Å². The lowest BCUT2D eigenvalue weighted by atomic mass is 10.0. The van der Waals surface area contributed by atoms with Crippen LogP contribution in [0.15, 0.2) is 42.5 Å². The van der Waals surface area contributed by atoms with E-state index in [2.05, 4.69) is 59.7 Å². The number of hydrogen-bond acceptors (Lipinski definition) is 3. The third-order valence-electron chi connectivity index (χ3n) is 5.65. The van der Waals surface area contributed by atoms with Gasteiger partial charge < -0.3 is 15.1 Å². The molecule has 0 aromatic heterocycles. The molecule has 0 radical (unpaired) electrons. The van der Waals surface area contributed by atoms with Crippen LogP contribution in [0.2, 0.25) is 0 Å². The fourth-order valence-corrected chi connectivity index (χ4v) is 4.18. The first-order valence-electron chi connectivity index (χ1n) is 9.38. The molecule has 2 aromatic rings. The lowest BCUT2D eigenvalue weighted by molar-refractivity contribution is -0.128. The van der Waals surface area contributed by atoms with Crippen molar-refractivity contribution in [1.29, 1.82) is 0 Å². The van der Waals surface area contributed by atoms with Gasteiger partial charge in [-0.3, -0.25) is 4.79 Å². The van der Waals surface area contributed by atoms with Crippen LogP contribution in [0.4, 0.5) is 0 Å². The van der Waals surface area contributed by atoms with Crippen molar-refractivity contribution in [2.45, 2.75) is 37.9 Å². The highest BCUT2D eigenvalue weighted by Gasteiger charge is 2.31. The highest BCUT2D eigenvalue weighted by atomic mass is 16.2. The van der Waals surface area contributed by atoms with Crippen LogP contribution in [0.1, 0.15) is 24.8 Å². The normalized spacial score (nSPS) is 22.8. The summed E-state index contributed by atoms with van der Waals surface area (Å²) in [6.07, 6.45) is 3.01. The van der Waals surface area contributed by atoms with Crippen molar-refractivity contribution in [1.82, 2.24) is 15.1 Å². The van der Waals surface area contributed by atoms with Crippen LogP contribution in [0, 0.1) is 0 Å². The third-order valence-corrected chi connectivity index (χ3v) is 5.65. The second-order valence-electron chi connectivity index (χ2n) is 7.56. The topological polar surface area (TPSA) is 35.6 Å². The van der Waals surface area contributed by atoms with Gasteiger partial charge in [0.1, 0.15) is 0 Å². The minimum absolute atomic E-state index is 0.276. The van der Waals surface area contributed by atoms with Crippen LogP contribution < -0.4 is 5.32 Å². The Bertz CT molecular complexity index is 746. The zero-order valence-electron chi connectivity index (χ0n) is 14.9. The van der Waals surface area contributed by atoms with Crippen molar-refractivity contribution in [2.24, 2.45) is 0 Å². The first kappa shape index (κ1) is 16.6. The van der Waals surface area contributed by atoms with Crippen molar-refractivity contribution in [2.75, 3.05) is 26.7 Å². The SMILES string of the molecule is CN1CCC(N[C@@H]2CC(=O)N(Cc3cccc4ccccc34)C2)CC1. The van der Waals surface area contributed by atoms with Crippen LogP contribution in [0.5, 0.6) is 0 Å². The van der Waals surface area contributed by atoms with Gasteiger partial charge in [0.15, 0.2) is 0 Å². The highest BCUT2D eigenvalue weighted by Crippen LogP contribution is 2.23. The molecule has 2 heterocycles. The number of likely N-dealkylation sites (tertiary alicyclic amines) is 2. The van der Waals surface area contributed by atoms with E-state index < -0.39 is 0 Å². The monoisotopic (exact) mass is 337 g/mol. The molecule has 1 amide bonds. The number of benzene rings is 2. The molecule has 2 fully saturated rings. The summed E-state index contributed by atoms with van der Waals surface area (Å²) in [4.78, 5) is 16.9. The summed E-state index contributed by atoms with van der Waals surface area (Å²) in [5, 5.41) is 6.23. The molecule has 1 N–H and O–H groups in total. The van der Waals surface area contributed by atoms with Crippen LogP contribution in [0.3, 0.4) is 0 Å². The van der Waals surface area contributed by atoms with Crippen molar-refractivity contribution in [3.63, 3.8) is 0 Å². The molecule has 4 rings (SSSR count). The Morgan fingerprint density at radius 3 is 2.64 bits per heavy atom. The lowest BCUT2D eigenvalue weighted by Gasteiger charge is -2.31. The van der Waals surface area contributed by atoms with E-state index in [4.69, 9.17) is 0 Å². The number of piperidine rings is 1. The maximum absolute atomic E-state index is 12.5. The number of fused-ring (bicyclic) bond motifs is 1. The molecule has 0 unspecified atom stereocenters. The van der Waals surface area contributed by atoms with E-state index in [1.54, 1.807) is 0 Å². The minimum Gasteiger partial charge on any atom is -0.337 e. The molecule has 0 saturated carbocycles. The summed E-state index contributed by atoms with van der Waals surface area (Å²) in [6.45, 7) is 3.84. The van der Waals surface area contributed by atoms with Gasteiger partial charge in [0.2, 0.25) is 5.91 Å². The van der Waals surface area contributed by atoms with Crippen LogP contribution in [-0.2, 0) is 11.3 Å². The van der Waals surface area contributed by atoms with E-state index in [1.807, 2.05) is 4.90 Å². The van der Waals surface area contributed by atoms with E-state index in [1.165, 1.54) is 29.2 Å². The zero-order chi connectivity index (χ0) is 17.2. The van der Waals surface area contributed by atoms with E-state index in [9.17, 15) is 4.79 Å². The highest BCUT2D eigenvalue weighted by molar-refractivity contribution is 5.86. The quantitative estimate of drug-likeness (QED) is 0.932. The Morgan fingerprint density at radius 2 is 1.80 bits per heavy atom. The van der Waals surface area contributed by atoms with Crippen molar-refractivity contribution >= 4 is 16.7 Å². The average Bonchev–Trinajstić information content (AvgIpc) is 2.96.